The molecule has 2 aromatic rings. The molecule has 0 spiro atoms. The molecule has 8 heteroatoms. The van der Waals surface area contributed by atoms with Gasteiger partial charge in [-0.3, -0.25) is 9.59 Å². The Hall–Kier alpha value is -3.42. The molecule has 194 valence electrons. The maximum atomic E-state index is 14.0. The quantitative estimate of drug-likeness (QED) is 0.486. The first-order valence-corrected chi connectivity index (χ1v) is 12.8. The SMILES string of the molecule is CCCC[C@H](C(=O)NC1CCCC1)N(Cc1ccc2c(c1)OCO2)C(=O)c1ccc(OC)c(OC)c1. The fraction of sp³-hybridized carbons (Fsp3) is 0.500. The van der Waals surface area contributed by atoms with Crippen molar-refractivity contribution in [2.45, 2.75) is 70.5 Å². The van der Waals surface area contributed by atoms with Crippen molar-refractivity contribution in [3.05, 3.63) is 47.5 Å². The highest BCUT2D eigenvalue weighted by atomic mass is 16.7. The van der Waals surface area contributed by atoms with Gasteiger partial charge in [-0.2, -0.15) is 0 Å². The first-order chi connectivity index (χ1) is 17.5. The summed E-state index contributed by atoms with van der Waals surface area (Å²) >= 11 is 0. The molecule has 1 heterocycles. The monoisotopic (exact) mass is 496 g/mol. The van der Waals surface area contributed by atoms with Gasteiger partial charge < -0.3 is 29.2 Å². The van der Waals surface area contributed by atoms with Crippen LogP contribution in [0.4, 0.5) is 0 Å². The third-order valence-electron chi connectivity index (χ3n) is 6.89. The number of hydrogen-bond donors (Lipinski definition) is 1. The van der Waals surface area contributed by atoms with Gasteiger partial charge in [0, 0.05) is 18.2 Å². The molecule has 8 nitrogen and oxygen atoms in total. The van der Waals surface area contributed by atoms with Crippen LogP contribution in [-0.2, 0) is 11.3 Å². The number of benzene rings is 2. The predicted octanol–water partition coefficient (Wildman–Crippen LogP) is 4.69. The fourth-order valence-electron chi connectivity index (χ4n) is 4.89. The lowest BCUT2D eigenvalue weighted by atomic mass is 10.0. The molecule has 2 amide bonds. The number of methoxy groups -OCH3 is 2. The van der Waals surface area contributed by atoms with Crippen LogP contribution in [0.15, 0.2) is 36.4 Å². The van der Waals surface area contributed by atoms with E-state index in [1.54, 1.807) is 30.2 Å². The van der Waals surface area contributed by atoms with E-state index >= 15 is 0 Å². The lowest BCUT2D eigenvalue weighted by Crippen LogP contribution is -2.51. The van der Waals surface area contributed by atoms with Gasteiger partial charge in [-0.05, 0) is 55.2 Å². The van der Waals surface area contributed by atoms with E-state index < -0.39 is 6.04 Å². The van der Waals surface area contributed by atoms with Gasteiger partial charge in [0.15, 0.2) is 23.0 Å². The summed E-state index contributed by atoms with van der Waals surface area (Å²) in [5.74, 6) is 2.00. The zero-order chi connectivity index (χ0) is 25.5. The Kier molecular flexibility index (Phi) is 8.57. The van der Waals surface area contributed by atoms with Gasteiger partial charge in [-0.1, -0.05) is 38.7 Å². The number of carbonyl (C=O) groups is 2. The van der Waals surface area contributed by atoms with Gasteiger partial charge >= 0.3 is 0 Å². The first-order valence-electron chi connectivity index (χ1n) is 12.8. The molecule has 0 radical (unpaired) electrons. The first kappa shape index (κ1) is 25.7. The standard InChI is InChI=1S/C28H36N2O6/c1-4-5-10-22(27(31)29-21-8-6-7-9-21)30(17-19-11-13-24-26(15-19)36-18-35-24)28(32)20-12-14-23(33-2)25(16-20)34-3/h11-16,21-22H,4-10,17-18H2,1-3H3,(H,29,31)/t22-/m1/s1. The smallest absolute Gasteiger partial charge is 0.254 e. The molecule has 1 saturated carbocycles. The van der Waals surface area contributed by atoms with Crippen LogP contribution in [0.5, 0.6) is 23.0 Å². The summed E-state index contributed by atoms with van der Waals surface area (Å²) in [7, 11) is 3.09. The van der Waals surface area contributed by atoms with Crippen molar-refractivity contribution in [1.82, 2.24) is 10.2 Å². The Morgan fingerprint density at radius 2 is 1.78 bits per heavy atom. The Morgan fingerprint density at radius 3 is 2.50 bits per heavy atom. The van der Waals surface area contributed by atoms with Crippen LogP contribution in [-0.4, -0.2) is 49.8 Å². The van der Waals surface area contributed by atoms with Gasteiger partial charge in [0.25, 0.3) is 5.91 Å². The number of unbranched alkanes of at least 4 members (excludes halogenated alkanes) is 1. The number of carbonyl (C=O) groups excluding carboxylic acids is 2. The molecule has 2 aliphatic rings. The van der Waals surface area contributed by atoms with Crippen molar-refractivity contribution in [3.8, 4) is 23.0 Å². The average Bonchev–Trinajstić information content (AvgIpc) is 3.59. The van der Waals surface area contributed by atoms with E-state index in [0.29, 0.717) is 35.0 Å². The maximum absolute atomic E-state index is 14.0. The molecular formula is C28H36N2O6. The van der Waals surface area contributed by atoms with E-state index in [1.165, 1.54) is 7.11 Å². The van der Waals surface area contributed by atoms with Crippen LogP contribution in [0.1, 0.15) is 67.8 Å². The minimum absolute atomic E-state index is 0.0927. The summed E-state index contributed by atoms with van der Waals surface area (Å²) in [6.07, 6.45) is 6.55. The topological polar surface area (TPSA) is 86.3 Å². The van der Waals surface area contributed by atoms with Gasteiger partial charge in [0.2, 0.25) is 12.7 Å². The second kappa shape index (κ2) is 12.0. The van der Waals surface area contributed by atoms with Crippen LogP contribution in [0, 0.1) is 0 Å². The number of amides is 2. The highest BCUT2D eigenvalue weighted by Gasteiger charge is 2.32. The fourth-order valence-corrected chi connectivity index (χ4v) is 4.89. The van der Waals surface area contributed by atoms with Crippen molar-refractivity contribution in [3.63, 3.8) is 0 Å². The van der Waals surface area contributed by atoms with E-state index in [-0.39, 0.29) is 31.2 Å². The molecule has 1 atom stereocenters. The Labute approximate surface area is 212 Å². The molecule has 2 aromatic carbocycles. The second-order valence-electron chi connectivity index (χ2n) is 9.34. The zero-order valence-electron chi connectivity index (χ0n) is 21.4. The Balaban J connectivity index is 1.67. The minimum atomic E-state index is -0.600. The predicted molar refractivity (Wildman–Crippen MR) is 136 cm³/mol. The summed E-state index contributed by atoms with van der Waals surface area (Å²) in [5.41, 5.74) is 1.30. The van der Waals surface area contributed by atoms with E-state index in [0.717, 1.165) is 44.1 Å². The molecule has 0 unspecified atom stereocenters. The summed E-state index contributed by atoms with van der Waals surface area (Å²) in [6.45, 7) is 2.52. The summed E-state index contributed by atoms with van der Waals surface area (Å²) < 4.78 is 21.8. The summed E-state index contributed by atoms with van der Waals surface area (Å²) in [4.78, 5) is 29.3. The van der Waals surface area contributed by atoms with Gasteiger partial charge in [0.05, 0.1) is 14.2 Å². The molecular weight excluding hydrogens is 460 g/mol. The zero-order valence-corrected chi connectivity index (χ0v) is 21.4. The molecule has 1 N–H and O–H groups in total. The van der Waals surface area contributed by atoms with Crippen molar-refractivity contribution < 1.29 is 28.5 Å². The highest BCUT2D eigenvalue weighted by Crippen LogP contribution is 2.34. The van der Waals surface area contributed by atoms with Crippen molar-refractivity contribution >= 4 is 11.8 Å². The van der Waals surface area contributed by atoms with Crippen LogP contribution < -0.4 is 24.3 Å². The lowest BCUT2D eigenvalue weighted by Gasteiger charge is -2.32. The van der Waals surface area contributed by atoms with E-state index in [2.05, 4.69) is 12.2 Å². The molecule has 1 aliphatic carbocycles. The molecule has 4 rings (SSSR count). The number of hydrogen-bond acceptors (Lipinski definition) is 6. The largest absolute Gasteiger partial charge is 0.493 e. The lowest BCUT2D eigenvalue weighted by molar-refractivity contribution is -0.126. The number of nitrogens with zero attached hydrogens (tertiary/aromatic N) is 1. The molecule has 0 saturated heterocycles. The van der Waals surface area contributed by atoms with Crippen molar-refractivity contribution in [1.29, 1.82) is 0 Å². The van der Waals surface area contributed by atoms with Crippen molar-refractivity contribution in [2.75, 3.05) is 21.0 Å². The van der Waals surface area contributed by atoms with Crippen molar-refractivity contribution in [2.24, 2.45) is 0 Å². The molecule has 1 aliphatic heterocycles. The number of fused-ring (bicyclic) bond motifs is 1. The number of ether oxygens (including phenoxy) is 4. The molecule has 0 bridgehead atoms. The molecule has 36 heavy (non-hydrogen) atoms. The van der Waals surface area contributed by atoms with Gasteiger partial charge in [-0.15, -0.1) is 0 Å². The highest BCUT2D eigenvalue weighted by molar-refractivity contribution is 5.98. The normalized spacial score (nSPS) is 15.4. The minimum Gasteiger partial charge on any atom is -0.493 e. The molecule has 0 aromatic heterocycles. The third kappa shape index (κ3) is 5.86. The van der Waals surface area contributed by atoms with E-state index in [1.807, 2.05) is 18.2 Å². The maximum Gasteiger partial charge on any atom is 0.254 e. The average molecular weight is 497 g/mol. The van der Waals surface area contributed by atoms with Crippen LogP contribution in [0.25, 0.3) is 0 Å². The number of nitrogens with one attached hydrogen (secondary N) is 1. The van der Waals surface area contributed by atoms with E-state index in [4.69, 9.17) is 18.9 Å². The number of rotatable bonds is 11. The van der Waals surface area contributed by atoms with Gasteiger partial charge in [-0.25, -0.2) is 0 Å². The van der Waals surface area contributed by atoms with Crippen LogP contribution in [0.2, 0.25) is 0 Å². The van der Waals surface area contributed by atoms with Crippen LogP contribution in [0.3, 0.4) is 0 Å². The molecule has 1 fully saturated rings. The van der Waals surface area contributed by atoms with E-state index in [9.17, 15) is 9.59 Å². The summed E-state index contributed by atoms with van der Waals surface area (Å²) in [5, 5.41) is 3.22. The Bertz CT molecular complexity index is 1070. The van der Waals surface area contributed by atoms with Gasteiger partial charge in [0.1, 0.15) is 6.04 Å². The summed E-state index contributed by atoms with van der Waals surface area (Å²) in [6, 6.07) is 10.3. The Morgan fingerprint density at radius 1 is 1.03 bits per heavy atom. The third-order valence-corrected chi connectivity index (χ3v) is 6.89. The second-order valence-corrected chi connectivity index (χ2v) is 9.34. The van der Waals surface area contributed by atoms with Crippen LogP contribution >= 0.6 is 0 Å².